The highest BCUT2D eigenvalue weighted by molar-refractivity contribution is 5.51. The standard InChI is InChI=1S/C14H18F3N/c1-3-9-18-11(2)7-8-12-5-4-6-13(10-12)14(15,16)17/h4-8,10-11,18H,3,9H2,1-2H3/b8-7+. The van der Waals surface area contributed by atoms with Gasteiger partial charge in [-0.25, -0.2) is 0 Å². The van der Waals surface area contributed by atoms with E-state index < -0.39 is 11.7 Å². The van der Waals surface area contributed by atoms with E-state index in [9.17, 15) is 13.2 Å². The maximum atomic E-state index is 12.5. The van der Waals surface area contributed by atoms with Crippen molar-refractivity contribution in [3.05, 3.63) is 41.5 Å². The average Bonchev–Trinajstić information content (AvgIpc) is 2.33. The van der Waals surface area contributed by atoms with Crippen LogP contribution >= 0.6 is 0 Å². The van der Waals surface area contributed by atoms with Crippen molar-refractivity contribution in [3.63, 3.8) is 0 Å². The Hall–Kier alpha value is -1.29. The van der Waals surface area contributed by atoms with Gasteiger partial charge in [-0.3, -0.25) is 0 Å². The second-order valence-electron chi connectivity index (χ2n) is 4.23. The maximum absolute atomic E-state index is 12.5. The van der Waals surface area contributed by atoms with Gasteiger partial charge >= 0.3 is 6.18 Å². The molecule has 0 fully saturated rings. The van der Waals surface area contributed by atoms with Crippen LogP contribution in [0.4, 0.5) is 13.2 Å². The van der Waals surface area contributed by atoms with E-state index in [4.69, 9.17) is 0 Å². The van der Waals surface area contributed by atoms with Gasteiger partial charge in [-0.15, -0.1) is 0 Å². The molecule has 1 aromatic rings. The molecule has 1 unspecified atom stereocenters. The first-order valence-electron chi connectivity index (χ1n) is 6.02. The Balaban J connectivity index is 2.70. The predicted octanol–water partition coefficient (Wildman–Crippen LogP) is 4.11. The van der Waals surface area contributed by atoms with Crippen LogP contribution in [0.15, 0.2) is 30.3 Å². The van der Waals surface area contributed by atoms with Crippen LogP contribution in [0.2, 0.25) is 0 Å². The van der Waals surface area contributed by atoms with E-state index in [0.29, 0.717) is 5.56 Å². The first kappa shape index (κ1) is 14.8. The van der Waals surface area contributed by atoms with Gasteiger partial charge in [0.15, 0.2) is 0 Å². The third-order valence-corrected chi connectivity index (χ3v) is 2.51. The van der Waals surface area contributed by atoms with Crippen LogP contribution in [0.1, 0.15) is 31.4 Å². The molecule has 0 aliphatic rings. The molecule has 0 spiro atoms. The molecular weight excluding hydrogens is 239 g/mol. The number of nitrogens with one attached hydrogen (secondary N) is 1. The van der Waals surface area contributed by atoms with Gasteiger partial charge in [0, 0.05) is 6.04 Å². The van der Waals surface area contributed by atoms with Gasteiger partial charge < -0.3 is 5.32 Å². The van der Waals surface area contributed by atoms with Crippen LogP contribution in [0, 0.1) is 0 Å². The minimum atomic E-state index is -4.28. The molecule has 0 radical (unpaired) electrons. The SMILES string of the molecule is CCCNC(C)/C=C/c1cccc(C(F)(F)F)c1. The molecule has 1 nitrogen and oxygen atoms in total. The average molecular weight is 257 g/mol. The molecule has 100 valence electrons. The topological polar surface area (TPSA) is 12.0 Å². The molecule has 1 rings (SSSR count). The molecule has 0 aliphatic carbocycles. The fourth-order valence-electron chi connectivity index (χ4n) is 1.51. The number of hydrogen-bond donors (Lipinski definition) is 1. The highest BCUT2D eigenvalue weighted by Crippen LogP contribution is 2.29. The van der Waals surface area contributed by atoms with E-state index in [2.05, 4.69) is 12.2 Å². The zero-order valence-electron chi connectivity index (χ0n) is 10.6. The van der Waals surface area contributed by atoms with E-state index in [1.54, 1.807) is 12.1 Å². The monoisotopic (exact) mass is 257 g/mol. The third-order valence-electron chi connectivity index (χ3n) is 2.51. The lowest BCUT2D eigenvalue weighted by molar-refractivity contribution is -0.137. The fourth-order valence-corrected chi connectivity index (χ4v) is 1.51. The molecule has 0 heterocycles. The summed E-state index contributed by atoms with van der Waals surface area (Å²) in [4.78, 5) is 0. The summed E-state index contributed by atoms with van der Waals surface area (Å²) in [6.45, 7) is 4.93. The van der Waals surface area contributed by atoms with E-state index in [-0.39, 0.29) is 6.04 Å². The molecule has 18 heavy (non-hydrogen) atoms. The van der Waals surface area contributed by atoms with Crippen molar-refractivity contribution < 1.29 is 13.2 Å². The van der Waals surface area contributed by atoms with Gasteiger partial charge in [0.1, 0.15) is 0 Å². The fraction of sp³-hybridized carbons (Fsp3) is 0.429. The summed E-state index contributed by atoms with van der Waals surface area (Å²) >= 11 is 0. The number of rotatable bonds is 5. The summed E-state index contributed by atoms with van der Waals surface area (Å²) in [6.07, 6.45) is 0.325. The van der Waals surface area contributed by atoms with Crippen molar-refractivity contribution >= 4 is 6.08 Å². The van der Waals surface area contributed by atoms with Gasteiger partial charge in [0.05, 0.1) is 5.56 Å². The minimum absolute atomic E-state index is 0.152. The lowest BCUT2D eigenvalue weighted by Gasteiger charge is -2.09. The van der Waals surface area contributed by atoms with Gasteiger partial charge in [-0.1, -0.05) is 31.2 Å². The quantitative estimate of drug-likeness (QED) is 0.837. The molecule has 0 aromatic heterocycles. The van der Waals surface area contributed by atoms with Crippen LogP contribution in [-0.2, 0) is 6.18 Å². The van der Waals surface area contributed by atoms with Crippen molar-refractivity contribution in [1.29, 1.82) is 0 Å². The Labute approximate surface area is 106 Å². The van der Waals surface area contributed by atoms with E-state index in [1.807, 2.05) is 13.0 Å². The number of alkyl halides is 3. The maximum Gasteiger partial charge on any atom is 0.416 e. The van der Waals surface area contributed by atoms with Crippen LogP contribution in [0.25, 0.3) is 6.08 Å². The summed E-state index contributed by atoms with van der Waals surface area (Å²) in [5.41, 5.74) is -0.0474. The van der Waals surface area contributed by atoms with Crippen molar-refractivity contribution in [3.8, 4) is 0 Å². The lowest BCUT2D eigenvalue weighted by atomic mass is 10.1. The Bertz CT molecular complexity index is 396. The van der Waals surface area contributed by atoms with Crippen molar-refractivity contribution in [2.45, 2.75) is 32.5 Å². The van der Waals surface area contributed by atoms with Gasteiger partial charge in [0.2, 0.25) is 0 Å². The van der Waals surface area contributed by atoms with E-state index >= 15 is 0 Å². The Morgan fingerprint density at radius 1 is 1.33 bits per heavy atom. The second kappa shape index (κ2) is 6.59. The molecule has 0 saturated carbocycles. The Morgan fingerprint density at radius 2 is 2.06 bits per heavy atom. The minimum Gasteiger partial charge on any atom is -0.311 e. The normalized spacial score (nSPS) is 14.1. The van der Waals surface area contributed by atoms with Gasteiger partial charge in [-0.05, 0) is 37.6 Å². The van der Waals surface area contributed by atoms with Crippen LogP contribution in [0.5, 0.6) is 0 Å². The third kappa shape index (κ3) is 4.92. The van der Waals surface area contributed by atoms with Crippen LogP contribution in [-0.4, -0.2) is 12.6 Å². The van der Waals surface area contributed by atoms with E-state index in [0.717, 1.165) is 25.1 Å². The molecule has 0 bridgehead atoms. The number of hydrogen-bond acceptors (Lipinski definition) is 1. The lowest BCUT2D eigenvalue weighted by Crippen LogP contribution is -2.24. The largest absolute Gasteiger partial charge is 0.416 e. The first-order valence-corrected chi connectivity index (χ1v) is 6.02. The number of halogens is 3. The molecule has 0 amide bonds. The summed E-state index contributed by atoms with van der Waals surface area (Å²) < 4.78 is 37.5. The predicted molar refractivity (Wildman–Crippen MR) is 68.2 cm³/mol. The van der Waals surface area contributed by atoms with E-state index in [1.165, 1.54) is 6.07 Å². The number of benzene rings is 1. The molecule has 1 aromatic carbocycles. The van der Waals surface area contributed by atoms with Crippen LogP contribution in [0.3, 0.4) is 0 Å². The van der Waals surface area contributed by atoms with Crippen molar-refractivity contribution in [2.24, 2.45) is 0 Å². The zero-order valence-corrected chi connectivity index (χ0v) is 10.6. The first-order chi connectivity index (χ1) is 8.43. The van der Waals surface area contributed by atoms with Crippen molar-refractivity contribution in [1.82, 2.24) is 5.32 Å². The molecule has 0 aliphatic heterocycles. The molecule has 1 atom stereocenters. The summed E-state index contributed by atoms with van der Waals surface area (Å²) in [6, 6.07) is 5.48. The summed E-state index contributed by atoms with van der Waals surface area (Å²) in [7, 11) is 0. The summed E-state index contributed by atoms with van der Waals surface area (Å²) in [5, 5.41) is 3.24. The Kier molecular flexibility index (Phi) is 5.41. The zero-order chi connectivity index (χ0) is 13.6. The molecular formula is C14H18F3N. The molecule has 1 N–H and O–H groups in total. The molecule has 4 heteroatoms. The van der Waals surface area contributed by atoms with Crippen molar-refractivity contribution in [2.75, 3.05) is 6.54 Å². The Morgan fingerprint density at radius 3 is 2.67 bits per heavy atom. The highest BCUT2D eigenvalue weighted by Gasteiger charge is 2.30. The smallest absolute Gasteiger partial charge is 0.311 e. The van der Waals surface area contributed by atoms with Crippen LogP contribution < -0.4 is 5.32 Å². The van der Waals surface area contributed by atoms with Gasteiger partial charge in [-0.2, -0.15) is 13.2 Å². The molecule has 0 saturated heterocycles. The second-order valence-corrected chi connectivity index (χ2v) is 4.23. The summed E-state index contributed by atoms with van der Waals surface area (Å²) in [5.74, 6) is 0. The highest BCUT2D eigenvalue weighted by atomic mass is 19.4. The van der Waals surface area contributed by atoms with Gasteiger partial charge in [0.25, 0.3) is 0 Å².